The number of alkyl halides is 1. The zero-order valence-electron chi connectivity index (χ0n) is 7.72. The number of hydrogen-bond acceptors (Lipinski definition) is 1. The third-order valence-electron chi connectivity index (χ3n) is 3.50. The third-order valence-corrected chi connectivity index (χ3v) is 4.87. The SMILES string of the molecule is CC1(C)CCC(Br)C1(C)C(=O)O. The van der Waals surface area contributed by atoms with E-state index in [1.165, 1.54) is 0 Å². The first kappa shape index (κ1) is 10.0. The van der Waals surface area contributed by atoms with E-state index in [2.05, 4.69) is 15.9 Å². The van der Waals surface area contributed by atoms with E-state index in [0.717, 1.165) is 12.8 Å². The van der Waals surface area contributed by atoms with Crippen LogP contribution in [0.4, 0.5) is 0 Å². The van der Waals surface area contributed by atoms with Gasteiger partial charge in [0.15, 0.2) is 0 Å². The fraction of sp³-hybridized carbons (Fsp3) is 0.889. The molecule has 0 aromatic heterocycles. The molecule has 0 aromatic carbocycles. The van der Waals surface area contributed by atoms with Gasteiger partial charge in [-0.25, -0.2) is 0 Å². The van der Waals surface area contributed by atoms with Gasteiger partial charge in [0, 0.05) is 4.83 Å². The average Bonchev–Trinajstić information content (AvgIpc) is 2.15. The van der Waals surface area contributed by atoms with Gasteiger partial charge in [0.1, 0.15) is 0 Å². The topological polar surface area (TPSA) is 37.3 Å². The van der Waals surface area contributed by atoms with Crippen LogP contribution in [-0.4, -0.2) is 15.9 Å². The normalized spacial score (nSPS) is 39.8. The van der Waals surface area contributed by atoms with Crippen molar-refractivity contribution >= 4 is 21.9 Å². The summed E-state index contributed by atoms with van der Waals surface area (Å²) in [7, 11) is 0. The Kier molecular flexibility index (Phi) is 2.28. The van der Waals surface area contributed by atoms with Gasteiger partial charge in [0.05, 0.1) is 5.41 Å². The summed E-state index contributed by atoms with van der Waals surface area (Å²) in [5, 5.41) is 9.15. The fourth-order valence-corrected chi connectivity index (χ4v) is 2.93. The van der Waals surface area contributed by atoms with Crippen LogP contribution < -0.4 is 0 Å². The highest BCUT2D eigenvalue weighted by molar-refractivity contribution is 9.09. The minimum absolute atomic E-state index is 0.104. The fourth-order valence-electron chi connectivity index (χ4n) is 1.88. The number of carboxylic acid groups (broad SMARTS) is 1. The van der Waals surface area contributed by atoms with Crippen LogP contribution in [-0.2, 0) is 4.79 Å². The highest BCUT2D eigenvalue weighted by atomic mass is 79.9. The zero-order valence-corrected chi connectivity index (χ0v) is 9.31. The molecule has 12 heavy (non-hydrogen) atoms. The number of carbonyl (C=O) groups is 1. The van der Waals surface area contributed by atoms with Gasteiger partial charge >= 0.3 is 5.97 Å². The van der Waals surface area contributed by atoms with Gasteiger partial charge in [0.25, 0.3) is 0 Å². The molecular weight excluding hydrogens is 220 g/mol. The largest absolute Gasteiger partial charge is 0.481 e. The molecule has 2 unspecified atom stereocenters. The molecule has 3 heteroatoms. The summed E-state index contributed by atoms with van der Waals surface area (Å²) in [6, 6.07) is 0. The molecule has 0 heterocycles. The molecule has 0 aliphatic heterocycles. The first-order valence-electron chi connectivity index (χ1n) is 4.20. The molecule has 0 spiro atoms. The average molecular weight is 235 g/mol. The molecule has 1 rings (SSSR count). The third kappa shape index (κ3) is 1.10. The van der Waals surface area contributed by atoms with E-state index in [1.807, 2.05) is 20.8 Å². The quantitative estimate of drug-likeness (QED) is 0.709. The maximum absolute atomic E-state index is 11.1. The van der Waals surface area contributed by atoms with Gasteiger partial charge in [0.2, 0.25) is 0 Å². The van der Waals surface area contributed by atoms with E-state index < -0.39 is 11.4 Å². The van der Waals surface area contributed by atoms with Crippen LogP contribution >= 0.6 is 15.9 Å². The summed E-state index contributed by atoms with van der Waals surface area (Å²) in [6.07, 6.45) is 1.93. The number of carboxylic acids is 1. The molecule has 2 nitrogen and oxygen atoms in total. The lowest BCUT2D eigenvalue weighted by Crippen LogP contribution is -2.42. The van der Waals surface area contributed by atoms with Crippen LogP contribution in [0.5, 0.6) is 0 Å². The molecule has 0 radical (unpaired) electrons. The number of halogens is 1. The van der Waals surface area contributed by atoms with Crippen molar-refractivity contribution in [1.29, 1.82) is 0 Å². The van der Waals surface area contributed by atoms with E-state index in [1.54, 1.807) is 0 Å². The molecule has 1 aliphatic carbocycles. The highest BCUT2D eigenvalue weighted by Gasteiger charge is 2.56. The molecule has 1 fully saturated rings. The van der Waals surface area contributed by atoms with Crippen LogP contribution in [0.3, 0.4) is 0 Å². The predicted octanol–water partition coefficient (Wildman–Crippen LogP) is 2.66. The Morgan fingerprint density at radius 1 is 1.50 bits per heavy atom. The van der Waals surface area contributed by atoms with Gasteiger partial charge in [-0.15, -0.1) is 0 Å². The van der Waals surface area contributed by atoms with Gasteiger partial charge in [-0.1, -0.05) is 29.8 Å². The molecule has 1 aliphatic rings. The van der Waals surface area contributed by atoms with E-state index in [0.29, 0.717) is 0 Å². The second kappa shape index (κ2) is 2.72. The van der Waals surface area contributed by atoms with Crippen LogP contribution in [0.25, 0.3) is 0 Å². The standard InChI is InChI=1S/C9H15BrO2/c1-8(2)5-4-6(10)9(8,3)7(11)12/h6H,4-5H2,1-3H3,(H,11,12). The minimum Gasteiger partial charge on any atom is -0.481 e. The molecule has 0 amide bonds. The van der Waals surface area contributed by atoms with Crippen molar-refractivity contribution in [2.75, 3.05) is 0 Å². The Morgan fingerprint density at radius 2 is 2.00 bits per heavy atom. The van der Waals surface area contributed by atoms with E-state index in [4.69, 9.17) is 5.11 Å². The molecule has 1 N–H and O–H groups in total. The number of hydrogen-bond donors (Lipinski definition) is 1. The van der Waals surface area contributed by atoms with Crippen molar-refractivity contribution in [3.63, 3.8) is 0 Å². The second-order valence-corrected chi connectivity index (χ2v) is 5.50. The first-order valence-corrected chi connectivity index (χ1v) is 5.11. The van der Waals surface area contributed by atoms with Crippen molar-refractivity contribution < 1.29 is 9.90 Å². The summed E-state index contributed by atoms with van der Waals surface area (Å²) in [4.78, 5) is 11.2. The summed E-state index contributed by atoms with van der Waals surface area (Å²) in [6.45, 7) is 5.90. The molecular formula is C9H15BrO2. The maximum Gasteiger partial charge on any atom is 0.311 e. The predicted molar refractivity (Wildman–Crippen MR) is 51.5 cm³/mol. The van der Waals surface area contributed by atoms with Gasteiger partial charge in [-0.05, 0) is 25.2 Å². The van der Waals surface area contributed by atoms with Crippen molar-refractivity contribution in [1.82, 2.24) is 0 Å². The van der Waals surface area contributed by atoms with Crippen LogP contribution in [0.2, 0.25) is 0 Å². The molecule has 0 saturated heterocycles. The van der Waals surface area contributed by atoms with Crippen LogP contribution in [0, 0.1) is 10.8 Å². The lowest BCUT2D eigenvalue weighted by atomic mass is 9.69. The zero-order chi connectivity index (χ0) is 9.57. The van der Waals surface area contributed by atoms with Crippen molar-refractivity contribution in [2.24, 2.45) is 10.8 Å². The molecule has 1 saturated carbocycles. The Balaban J connectivity index is 3.06. The van der Waals surface area contributed by atoms with Crippen molar-refractivity contribution in [2.45, 2.75) is 38.4 Å². The van der Waals surface area contributed by atoms with E-state index >= 15 is 0 Å². The van der Waals surface area contributed by atoms with Crippen molar-refractivity contribution in [3.05, 3.63) is 0 Å². The molecule has 0 bridgehead atoms. The number of aliphatic carboxylic acids is 1. The lowest BCUT2D eigenvalue weighted by molar-refractivity contribution is -0.152. The minimum atomic E-state index is -0.688. The summed E-state index contributed by atoms with van der Waals surface area (Å²) in [5.41, 5.74) is -0.722. The molecule has 2 atom stereocenters. The highest BCUT2D eigenvalue weighted by Crippen LogP contribution is 2.55. The van der Waals surface area contributed by atoms with Gasteiger partial charge in [-0.2, -0.15) is 0 Å². The van der Waals surface area contributed by atoms with Gasteiger partial charge < -0.3 is 5.11 Å². The first-order chi connectivity index (χ1) is 5.32. The molecule has 0 aromatic rings. The Bertz CT molecular complexity index is 213. The Hall–Kier alpha value is -0.0500. The second-order valence-electron chi connectivity index (χ2n) is 4.40. The van der Waals surface area contributed by atoms with Crippen molar-refractivity contribution in [3.8, 4) is 0 Å². The van der Waals surface area contributed by atoms with Crippen LogP contribution in [0.15, 0.2) is 0 Å². The maximum atomic E-state index is 11.1. The lowest BCUT2D eigenvalue weighted by Gasteiger charge is -2.36. The van der Waals surface area contributed by atoms with Crippen LogP contribution in [0.1, 0.15) is 33.6 Å². The smallest absolute Gasteiger partial charge is 0.311 e. The monoisotopic (exact) mass is 234 g/mol. The summed E-state index contributed by atoms with van der Waals surface area (Å²) in [5.74, 6) is -0.688. The van der Waals surface area contributed by atoms with Gasteiger partial charge in [-0.3, -0.25) is 4.79 Å². The number of rotatable bonds is 1. The summed E-state index contributed by atoms with van der Waals surface area (Å²) >= 11 is 3.46. The van der Waals surface area contributed by atoms with E-state index in [-0.39, 0.29) is 10.2 Å². The van der Waals surface area contributed by atoms with E-state index in [9.17, 15) is 4.79 Å². The molecule has 70 valence electrons. The Morgan fingerprint density at radius 3 is 2.17 bits per heavy atom. The summed E-state index contributed by atoms with van der Waals surface area (Å²) < 4.78 is 0. The Labute approximate surface area is 81.5 Å².